The van der Waals surface area contributed by atoms with Gasteiger partial charge in [0.25, 0.3) is 0 Å². The first-order valence-electron chi connectivity index (χ1n) is 5.46. The Hall–Kier alpha value is -0.380. The number of Topliss-reactive ketones (excluding diaryl/α,β-unsaturated/α-hetero) is 1. The highest BCUT2D eigenvalue weighted by Gasteiger charge is 1.99. The van der Waals surface area contributed by atoms with E-state index in [0.29, 0.717) is 11.8 Å². The average molecular weight is 279 g/mol. The molecular formula is C11H19BrO3. The number of hydrogen-bond acceptors (Lipinski definition) is 2. The van der Waals surface area contributed by atoms with Crippen molar-refractivity contribution in [2.24, 2.45) is 0 Å². The molecule has 1 N–H and O–H groups in total. The van der Waals surface area contributed by atoms with E-state index in [0.717, 1.165) is 38.5 Å². The van der Waals surface area contributed by atoms with E-state index in [1.165, 1.54) is 0 Å². The van der Waals surface area contributed by atoms with Gasteiger partial charge >= 0.3 is 5.97 Å². The van der Waals surface area contributed by atoms with Crippen molar-refractivity contribution in [1.29, 1.82) is 0 Å². The van der Waals surface area contributed by atoms with E-state index in [2.05, 4.69) is 15.9 Å². The second kappa shape index (κ2) is 10.1. The average Bonchev–Trinajstić information content (AvgIpc) is 2.21. The molecule has 0 spiro atoms. The van der Waals surface area contributed by atoms with Gasteiger partial charge in [0.05, 0.1) is 5.33 Å². The largest absolute Gasteiger partial charge is 0.481 e. The molecule has 4 heteroatoms. The van der Waals surface area contributed by atoms with Crippen LogP contribution in [-0.4, -0.2) is 22.2 Å². The SMILES string of the molecule is O=C(O)CCCCCCCCC(=O)CBr. The van der Waals surface area contributed by atoms with Crippen molar-refractivity contribution in [2.75, 3.05) is 5.33 Å². The summed E-state index contributed by atoms with van der Waals surface area (Å²) in [6, 6.07) is 0. The lowest BCUT2D eigenvalue weighted by atomic mass is 10.1. The number of aliphatic carboxylic acids is 1. The van der Waals surface area contributed by atoms with Crippen molar-refractivity contribution < 1.29 is 14.7 Å². The fourth-order valence-corrected chi connectivity index (χ4v) is 1.65. The number of carboxylic acid groups (broad SMARTS) is 1. The van der Waals surface area contributed by atoms with E-state index in [1.54, 1.807) is 0 Å². The molecule has 0 aliphatic rings. The maximum absolute atomic E-state index is 10.9. The number of hydrogen-bond donors (Lipinski definition) is 1. The molecule has 0 radical (unpaired) electrons. The van der Waals surface area contributed by atoms with Crippen molar-refractivity contribution >= 4 is 27.7 Å². The molecular weight excluding hydrogens is 260 g/mol. The normalized spacial score (nSPS) is 10.2. The Morgan fingerprint density at radius 1 is 0.867 bits per heavy atom. The molecule has 0 aromatic rings. The van der Waals surface area contributed by atoms with Crippen molar-refractivity contribution in [3.8, 4) is 0 Å². The predicted octanol–water partition coefficient (Wildman–Crippen LogP) is 3.16. The molecule has 0 rings (SSSR count). The summed E-state index contributed by atoms with van der Waals surface area (Å²) in [5.74, 6) is -0.446. The third-order valence-corrected chi connectivity index (χ3v) is 2.87. The Bertz CT molecular complexity index is 192. The minimum atomic E-state index is -0.710. The summed E-state index contributed by atoms with van der Waals surface area (Å²) in [5.41, 5.74) is 0. The number of rotatable bonds is 10. The number of halogens is 1. The summed E-state index contributed by atoms with van der Waals surface area (Å²) < 4.78 is 0. The van der Waals surface area contributed by atoms with Gasteiger partial charge in [-0.2, -0.15) is 0 Å². The van der Waals surface area contributed by atoms with E-state index < -0.39 is 5.97 Å². The highest BCUT2D eigenvalue weighted by atomic mass is 79.9. The molecule has 88 valence electrons. The number of alkyl halides is 1. The van der Waals surface area contributed by atoms with E-state index in [4.69, 9.17) is 5.11 Å². The Morgan fingerprint density at radius 2 is 1.33 bits per heavy atom. The van der Waals surface area contributed by atoms with E-state index in [9.17, 15) is 9.59 Å². The summed E-state index contributed by atoms with van der Waals surface area (Å²) in [6.45, 7) is 0. The minimum absolute atomic E-state index is 0.265. The Morgan fingerprint density at radius 3 is 1.80 bits per heavy atom. The van der Waals surface area contributed by atoms with Crippen LogP contribution in [0.3, 0.4) is 0 Å². The summed E-state index contributed by atoms with van der Waals surface area (Å²) in [7, 11) is 0. The molecule has 3 nitrogen and oxygen atoms in total. The van der Waals surface area contributed by atoms with Crippen molar-refractivity contribution in [3.05, 3.63) is 0 Å². The molecule has 0 saturated carbocycles. The molecule has 0 aromatic carbocycles. The van der Waals surface area contributed by atoms with Gasteiger partial charge in [-0.1, -0.05) is 41.6 Å². The Labute approximate surface area is 99.4 Å². The zero-order valence-electron chi connectivity index (χ0n) is 9.01. The van der Waals surface area contributed by atoms with Gasteiger partial charge in [-0.15, -0.1) is 0 Å². The summed E-state index contributed by atoms with van der Waals surface area (Å²) in [5, 5.41) is 8.86. The van der Waals surface area contributed by atoms with Crippen molar-refractivity contribution in [2.45, 2.75) is 51.4 Å². The van der Waals surface area contributed by atoms with Gasteiger partial charge in [-0.25, -0.2) is 0 Å². The molecule has 0 aromatic heterocycles. The van der Waals surface area contributed by atoms with E-state index in [1.807, 2.05) is 0 Å². The minimum Gasteiger partial charge on any atom is -0.481 e. The molecule has 0 heterocycles. The van der Waals surface area contributed by atoms with Crippen molar-refractivity contribution in [3.63, 3.8) is 0 Å². The predicted molar refractivity (Wildman–Crippen MR) is 63.4 cm³/mol. The number of unbranched alkanes of at least 4 members (excludes halogenated alkanes) is 5. The van der Waals surface area contributed by atoms with Crippen LogP contribution >= 0.6 is 15.9 Å². The van der Waals surface area contributed by atoms with Gasteiger partial charge in [-0.05, 0) is 12.8 Å². The summed E-state index contributed by atoms with van der Waals surface area (Å²) in [6.07, 6.45) is 6.93. The molecule has 15 heavy (non-hydrogen) atoms. The van der Waals surface area contributed by atoms with Gasteiger partial charge in [0, 0.05) is 12.8 Å². The van der Waals surface area contributed by atoms with E-state index >= 15 is 0 Å². The molecule has 0 atom stereocenters. The van der Waals surface area contributed by atoms with Crippen molar-refractivity contribution in [1.82, 2.24) is 0 Å². The van der Waals surface area contributed by atoms with Crippen LogP contribution < -0.4 is 0 Å². The van der Waals surface area contributed by atoms with Crippen LogP contribution in [-0.2, 0) is 9.59 Å². The van der Waals surface area contributed by atoms with Crippen LogP contribution in [0.4, 0.5) is 0 Å². The maximum Gasteiger partial charge on any atom is 0.303 e. The van der Waals surface area contributed by atoms with Crippen LogP contribution in [0.5, 0.6) is 0 Å². The molecule has 0 unspecified atom stereocenters. The van der Waals surface area contributed by atoms with Gasteiger partial charge in [-0.3, -0.25) is 9.59 Å². The number of carbonyl (C=O) groups is 2. The fourth-order valence-electron chi connectivity index (χ4n) is 1.37. The van der Waals surface area contributed by atoms with Crippen LogP contribution in [0, 0.1) is 0 Å². The first-order valence-corrected chi connectivity index (χ1v) is 6.58. The maximum atomic E-state index is 10.9. The monoisotopic (exact) mass is 278 g/mol. The van der Waals surface area contributed by atoms with E-state index in [-0.39, 0.29) is 12.2 Å². The fraction of sp³-hybridized carbons (Fsp3) is 0.818. The lowest BCUT2D eigenvalue weighted by molar-refractivity contribution is -0.137. The molecule has 0 amide bonds. The molecule has 0 aliphatic carbocycles. The van der Waals surface area contributed by atoms with Gasteiger partial charge in [0.15, 0.2) is 0 Å². The lowest BCUT2D eigenvalue weighted by Gasteiger charge is -1.99. The number of carbonyl (C=O) groups excluding carboxylic acids is 1. The second-order valence-corrected chi connectivity index (χ2v) is 4.25. The second-order valence-electron chi connectivity index (χ2n) is 3.69. The standard InChI is InChI=1S/C11H19BrO3/c12-9-10(13)7-5-3-1-2-4-6-8-11(14)15/h1-9H2,(H,14,15). The molecule has 0 aliphatic heterocycles. The van der Waals surface area contributed by atoms with Gasteiger partial charge in [0.1, 0.15) is 5.78 Å². The Balaban J connectivity index is 3.05. The summed E-state index contributed by atoms with van der Waals surface area (Å²) in [4.78, 5) is 21.1. The Kier molecular flexibility index (Phi) is 9.89. The first kappa shape index (κ1) is 14.6. The van der Waals surface area contributed by atoms with Crippen LogP contribution in [0.15, 0.2) is 0 Å². The quantitative estimate of drug-likeness (QED) is 0.493. The summed E-state index contributed by atoms with van der Waals surface area (Å²) >= 11 is 3.13. The third-order valence-electron chi connectivity index (χ3n) is 2.25. The van der Waals surface area contributed by atoms with Crippen LogP contribution in [0.1, 0.15) is 51.4 Å². The number of carboxylic acids is 1. The highest BCUT2D eigenvalue weighted by Crippen LogP contribution is 2.09. The molecule has 0 fully saturated rings. The number of ketones is 1. The van der Waals surface area contributed by atoms with Gasteiger partial charge in [0.2, 0.25) is 0 Å². The lowest BCUT2D eigenvalue weighted by Crippen LogP contribution is -1.97. The molecule has 0 saturated heterocycles. The van der Waals surface area contributed by atoms with Crippen LogP contribution in [0.2, 0.25) is 0 Å². The third kappa shape index (κ3) is 11.5. The zero-order chi connectivity index (χ0) is 11.5. The molecule has 0 bridgehead atoms. The zero-order valence-corrected chi connectivity index (χ0v) is 10.6. The highest BCUT2D eigenvalue weighted by molar-refractivity contribution is 9.09. The van der Waals surface area contributed by atoms with Gasteiger partial charge < -0.3 is 5.11 Å². The van der Waals surface area contributed by atoms with Crippen LogP contribution in [0.25, 0.3) is 0 Å². The topological polar surface area (TPSA) is 54.4 Å². The smallest absolute Gasteiger partial charge is 0.303 e. The first-order chi connectivity index (χ1) is 7.16.